The molecule has 122 valence electrons. The summed E-state index contributed by atoms with van der Waals surface area (Å²) in [5.74, 6) is -1.03. The number of ketones is 1. The summed E-state index contributed by atoms with van der Waals surface area (Å²) in [6, 6.07) is 4.78. The summed E-state index contributed by atoms with van der Waals surface area (Å²) in [5, 5.41) is 8.67. The molecule has 0 radical (unpaired) electrons. The lowest BCUT2D eigenvalue weighted by Crippen LogP contribution is -2.52. The Bertz CT molecular complexity index is 678. The van der Waals surface area contributed by atoms with Gasteiger partial charge in [0.15, 0.2) is 11.4 Å². The molecule has 1 aromatic rings. The number of carbonyl (C=O) groups excluding carboxylic acids is 2. The third-order valence-corrected chi connectivity index (χ3v) is 3.57. The van der Waals surface area contributed by atoms with Crippen LogP contribution in [0.3, 0.4) is 0 Å². The first-order chi connectivity index (χ1) is 10.8. The van der Waals surface area contributed by atoms with E-state index in [0.717, 1.165) is 0 Å². The molecule has 0 aromatic heterocycles. The van der Waals surface area contributed by atoms with Gasteiger partial charge in [0, 0.05) is 18.5 Å². The van der Waals surface area contributed by atoms with E-state index >= 15 is 0 Å². The van der Waals surface area contributed by atoms with Gasteiger partial charge in [-0.05, 0) is 32.0 Å². The molecule has 0 bridgehead atoms. The van der Waals surface area contributed by atoms with Gasteiger partial charge < -0.3 is 14.7 Å². The molecule has 1 aliphatic heterocycles. The number of hydrogen-bond donors (Lipinski definition) is 1. The van der Waals surface area contributed by atoms with Crippen LogP contribution in [0.25, 0.3) is 0 Å². The molecule has 0 aliphatic carbocycles. The van der Waals surface area contributed by atoms with Gasteiger partial charge >= 0.3 is 5.97 Å². The van der Waals surface area contributed by atoms with Gasteiger partial charge in [0.2, 0.25) is 0 Å². The van der Waals surface area contributed by atoms with Crippen molar-refractivity contribution in [1.29, 1.82) is 0 Å². The predicted molar refractivity (Wildman–Crippen MR) is 84.9 cm³/mol. The van der Waals surface area contributed by atoms with Crippen molar-refractivity contribution in [3.05, 3.63) is 36.4 Å². The highest BCUT2D eigenvalue weighted by atomic mass is 16.5. The van der Waals surface area contributed by atoms with E-state index in [4.69, 9.17) is 9.84 Å². The predicted octanol–water partition coefficient (Wildman–Crippen LogP) is 2.42. The van der Waals surface area contributed by atoms with Crippen LogP contribution in [0.15, 0.2) is 30.9 Å². The third kappa shape index (κ3) is 3.41. The molecule has 0 fully saturated rings. The number of aliphatic carboxylic acids is 1. The summed E-state index contributed by atoms with van der Waals surface area (Å²) in [5.41, 5.74) is -0.143. The van der Waals surface area contributed by atoms with Gasteiger partial charge in [-0.3, -0.25) is 14.4 Å². The Balaban J connectivity index is 2.37. The largest absolute Gasteiger partial charge is 0.481 e. The van der Waals surface area contributed by atoms with Crippen LogP contribution in [0.4, 0.5) is 5.69 Å². The quantitative estimate of drug-likeness (QED) is 0.643. The Morgan fingerprint density at radius 1 is 1.35 bits per heavy atom. The number of carboxylic acids is 1. The number of amides is 1. The van der Waals surface area contributed by atoms with Crippen molar-refractivity contribution in [2.75, 3.05) is 11.4 Å². The van der Waals surface area contributed by atoms with E-state index in [2.05, 4.69) is 6.58 Å². The number of Topliss-reactive ketones (excluding diaryl/α,β-unsaturated/α-hetero) is 1. The van der Waals surface area contributed by atoms with Crippen LogP contribution in [-0.4, -0.2) is 34.9 Å². The molecule has 1 N–H and O–H groups in total. The van der Waals surface area contributed by atoms with Crippen LogP contribution < -0.4 is 9.64 Å². The van der Waals surface area contributed by atoms with Gasteiger partial charge in [0.25, 0.3) is 5.91 Å². The van der Waals surface area contributed by atoms with Crippen molar-refractivity contribution in [3.63, 3.8) is 0 Å². The fourth-order valence-corrected chi connectivity index (χ4v) is 2.42. The van der Waals surface area contributed by atoms with Gasteiger partial charge in [-0.2, -0.15) is 0 Å². The normalized spacial score (nSPS) is 15.6. The molecule has 1 heterocycles. The Morgan fingerprint density at radius 3 is 2.65 bits per heavy atom. The second kappa shape index (κ2) is 6.24. The average Bonchev–Trinajstić information content (AvgIpc) is 2.49. The number of hydrogen-bond acceptors (Lipinski definition) is 4. The first-order valence-electron chi connectivity index (χ1n) is 7.27. The Hall–Kier alpha value is -2.63. The SMILES string of the molecule is C=CCN1C(=O)C(C)(C)Oc2ccc(C(=O)CCC(=O)O)cc21. The van der Waals surface area contributed by atoms with Crippen LogP contribution in [-0.2, 0) is 9.59 Å². The van der Waals surface area contributed by atoms with E-state index in [0.29, 0.717) is 23.5 Å². The minimum atomic E-state index is -1.02. The maximum absolute atomic E-state index is 12.5. The molecule has 2 rings (SSSR count). The lowest BCUT2D eigenvalue weighted by molar-refractivity contribution is -0.137. The van der Waals surface area contributed by atoms with E-state index < -0.39 is 11.6 Å². The highest BCUT2D eigenvalue weighted by Gasteiger charge is 2.40. The van der Waals surface area contributed by atoms with E-state index in [9.17, 15) is 14.4 Å². The number of ether oxygens (including phenoxy) is 1. The third-order valence-electron chi connectivity index (χ3n) is 3.57. The number of anilines is 1. The van der Waals surface area contributed by atoms with Crippen LogP contribution in [0, 0.1) is 0 Å². The Labute approximate surface area is 134 Å². The van der Waals surface area contributed by atoms with Crippen molar-refractivity contribution in [2.24, 2.45) is 0 Å². The fraction of sp³-hybridized carbons (Fsp3) is 0.353. The van der Waals surface area contributed by atoms with Crippen molar-refractivity contribution >= 4 is 23.3 Å². The lowest BCUT2D eigenvalue weighted by Gasteiger charge is -2.38. The second-order valence-electron chi connectivity index (χ2n) is 5.82. The standard InChI is InChI=1S/C17H19NO5/c1-4-9-18-12-10-11(13(19)6-8-15(20)21)5-7-14(12)23-17(2,3)16(18)22/h4-5,7,10H,1,6,8-9H2,2-3H3,(H,20,21). The van der Waals surface area contributed by atoms with Crippen molar-refractivity contribution in [3.8, 4) is 5.75 Å². The summed E-state index contributed by atoms with van der Waals surface area (Å²) in [4.78, 5) is 36.7. The molecule has 1 aromatic carbocycles. The van der Waals surface area contributed by atoms with Gasteiger partial charge in [-0.15, -0.1) is 6.58 Å². The summed E-state index contributed by atoms with van der Waals surface area (Å²) >= 11 is 0. The summed E-state index contributed by atoms with van der Waals surface area (Å²) in [6.45, 7) is 7.31. The van der Waals surface area contributed by atoms with Crippen molar-refractivity contribution in [2.45, 2.75) is 32.3 Å². The zero-order valence-corrected chi connectivity index (χ0v) is 13.2. The Morgan fingerprint density at radius 2 is 2.04 bits per heavy atom. The molecular formula is C17H19NO5. The maximum atomic E-state index is 12.5. The van der Waals surface area contributed by atoms with E-state index in [1.165, 1.54) is 4.90 Å². The molecule has 0 spiro atoms. The second-order valence-corrected chi connectivity index (χ2v) is 5.82. The number of carboxylic acid groups (broad SMARTS) is 1. The molecule has 6 nitrogen and oxygen atoms in total. The van der Waals surface area contributed by atoms with Gasteiger partial charge in [-0.25, -0.2) is 0 Å². The Kier molecular flexibility index (Phi) is 4.54. The number of fused-ring (bicyclic) bond motifs is 1. The molecule has 23 heavy (non-hydrogen) atoms. The van der Waals surface area contributed by atoms with Crippen LogP contribution in [0.2, 0.25) is 0 Å². The lowest BCUT2D eigenvalue weighted by atomic mass is 10.0. The van der Waals surface area contributed by atoms with Crippen LogP contribution in [0.5, 0.6) is 5.75 Å². The molecule has 1 amide bonds. The smallest absolute Gasteiger partial charge is 0.303 e. The average molecular weight is 317 g/mol. The molecule has 0 saturated carbocycles. The first kappa shape index (κ1) is 16.7. The summed E-state index contributed by atoms with van der Waals surface area (Å²) < 4.78 is 5.71. The van der Waals surface area contributed by atoms with E-state index in [1.807, 2.05) is 0 Å². The number of nitrogens with zero attached hydrogens (tertiary/aromatic N) is 1. The van der Waals surface area contributed by atoms with Crippen LogP contribution >= 0.6 is 0 Å². The van der Waals surface area contributed by atoms with Crippen molar-refractivity contribution in [1.82, 2.24) is 0 Å². The fourth-order valence-electron chi connectivity index (χ4n) is 2.42. The number of carbonyl (C=O) groups is 3. The van der Waals surface area contributed by atoms with E-state index in [1.54, 1.807) is 38.1 Å². The zero-order valence-electron chi connectivity index (χ0n) is 13.2. The highest BCUT2D eigenvalue weighted by Crippen LogP contribution is 2.38. The molecular weight excluding hydrogens is 298 g/mol. The highest BCUT2D eigenvalue weighted by molar-refractivity contribution is 6.05. The first-order valence-corrected chi connectivity index (χ1v) is 7.27. The summed E-state index contributed by atoms with van der Waals surface area (Å²) in [7, 11) is 0. The molecule has 6 heteroatoms. The topological polar surface area (TPSA) is 83.9 Å². The molecule has 1 aliphatic rings. The monoisotopic (exact) mass is 317 g/mol. The number of rotatable bonds is 6. The van der Waals surface area contributed by atoms with E-state index in [-0.39, 0.29) is 24.5 Å². The van der Waals surface area contributed by atoms with Gasteiger partial charge in [0.1, 0.15) is 5.75 Å². The minimum Gasteiger partial charge on any atom is -0.481 e. The summed E-state index contributed by atoms with van der Waals surface area (Å²) in [6.07, 6.45) is 1.28. The van der Waals surface area contributed by atoms with Gasteiger partial charge in [-0.1, -0.05) is 6.08 Å². The van der Waals surface area contributed by atoms with Gasteiger partial charge in [0.05, 0.1) is 12.1 Å². The zero-order chi connectivity index (χ0) is 17.2. The maximum Gasteiger partial charge on any atom is 0.303 e. The molecule has 0 unspecified atom stereocenters. The number of benzene rings is 1. The van der Waals surface area contributed by atoms with Crippen LogP contribution in [0.1, 0.15) is 37.0 Å². The minimum absolute atomic E-state index is 0.0874. The van der Waals surface area contributed by atoms with Crippen molar-refractivity contribution < 1.29 is 24.2 Å². The molecule has 0 atom stereocenters. The molecule has 0 saturated heterocycles.